The summed E-state index contributed by atoms with van der Waals surface area (Å²) in [7, 11) is -3.61. The van der Waals surface area contributed by atoms with Crippen LogP contribution in [0.25, 0.3) is 0 Å². The lowest BCUT2D eigenvalue weighted by atomic mass is 10.1. The summed E-state index contributed by atoms with van der Waals surface area (Å²) in [6.45, 7) is 0.393. The minimum Gasteiger partial charge on any atom is -0.211 e. The van der Waals surface area contributed by atoms with Crippen molar-refractivity contribution in [3.05, 3.63) is 29.8 Å². The quantitative estimate of drug-likeness (QED) is 0.581. The largest absolute Gasteiger partial charge is 0.241 e. The molecule has 0 aliphatic carbocycles. The number of nitrogens with zero attached hydrogens (tertiary/aromatic N) is 2. The summed E-state index contributed by atoms with van der Waals surface area (Å²) in [6, 6.07) is 10.3. The van der Waals surface area contributed by atoms with Gasteiger partial charge in [0, 0.05) is 13.0 Å². The van der Waals surface area contributed by atoms with Gasteiger partial charge in [-0.3, -0.25) is 0 Å². The van der Waals surface area contributed by atoms with Gasteiger partial charge in [0.1, 0.15) is 6.07 Å². The molecule has 0 saturated carbocycles. The number of nitriles is 2. The molecule has 0 aliphatic heterocycles. The number of benzene rings is 1. The standard InChI is InChI=1S/C18H25N3O2S/c19-14-10-6-4-2-1-3-5-7-11-15-21-24(22,23)18-13-9-8-12-17(18)16-20/h8-9,12-13,21H,1-7,10-11,15H2. The van der Waals surface area contributed by atoms with Crippen molar-refractivity contribution in [2.24, 2.45) is 0 Å². The Morgan fingerprint density at radius 1 is 0.875 bits per heavy atom. The molecular weight excluding hydrogens is 322 g/mol. The van der Waals surface area contributed by atoms with E-state index in [1.54, 1.807) is 12.1 Å². The highest BCUT2D eigenvalue weighted by Crippen LogP contribution is 2.14. The van der Waals surface area contributed by atoms with Gasteiger partial charge in [-0.05, 0) is 25.0 Å². The van der Waals surface area contributed by atoms with Crippen molar-refractivity contribution in [3.8, 4) is 12.1 Å². The van der Waals surface area contributed by atoms with Crippen LogP contribution in [0.2, 0.25) is 0 Å². The third-order valence-electron chi connectivity index (χ3n) is 3.80. The molecule has 6 heteroatoms. The van der Waals surface area contributed by atoms with Gasteiger partial charge >= 0.3 is 0 Å². The summed E-state index contributed by atoms with van der Waals surface area (Å²) in [5.41, 5.74) is 0.168. The average molecular weight is 347 g/mol. The first-order valence-corrected chi connectivity index (χ1v) is 9.96. The molecule has 0 aromatic heterocycles. The van der Waals surface area contributed by atoms with Crippen LogP contribution < -0.4 is 4.72 Å². The minimum absolute atomic E-state index is 0.0462. The minimum atomic E-state index is -3.61. The van der Waals surface area contributed by atoms with Crippen LogP contribution in [-0.2, 0) is 10.0 Å². The second-order valence-corrected chi connectivity index (χ2v) is 7.48. The maximum absolute atomic E-state index is 12.2. The summed E-state index contributed by atoms with van der Waals surface area (Å²) in [5.74, 6) is 0. The molecule has 0 radical (unpaired) electrons. The molecule has 5 nitrogen and oxygen atoms in total. The Labute approximate surface area is 145 Å². The molecule has 0 heterocycles. The van der Waals surface area contributed by atoms with Crippen molar-refractivity contribution in [2.45, 2.75) is 62.7 Å². The highest BCUT2D eigenvalue weighted by molar-refractivity contribution is 7.89. The topological polar surface area (TPSA) is 93.8 Å². The third kappa shape index (κ3) is 7.59. The fraction of sp³-hybridized carbons (Fsp3) is 0.556. The first-order chi connectivity index (χ1) is 11.6. The molecule has 0 amide bonds. The van der Waals surface area contributed by atoms with Crippen molar-refractivity contribution < 1.29 is 8.42 Å². The van der Waals surface area contributed by atoms with Crippen LogP contribution in [0.4, 0.5) is 0 Å². The molecule has 1 aromatic carbocycles. The van der Waals surface area contributed by atoms with E-state index in [9.17, 15) is 8.42 Å². The molecular formula is C18H25N3O2S. The van der Waals surface area contributed by atoms with E-state index >= 15 is 0 Å². The molecule has 24 heavy (non-hydrogen) atoms. The molecule has 130 valence electrons. The number of rotatable bonds is 12. The molecule has 1 N–H and O–H groups in total. The van der Waals surface area contributed by atoms with Gasteiger partial charge in [0.15, 0.2) is 0 Å². The molecule has 0 bridgehead atoms. The number of hydrogen-bond donors (Lipinski definition) is 1. The van der Waals surface area contributed by atoms with Gasteiger partial charge in [-0.25, -0.2) is 13.1 Å². The molecule has 0 fully saturated rings. The van der Waals surface area contributed by atoms with Crippen molar-refractivity contribution in [3.63, 3.8) is 0 Å². The van der Waals surface area contributed by atoms with E-state index < -0.39 is 10.0 Å². The van der Waals surface area contributed by atoms with Crippen LogP contribution >= 0.6 is 0 Å². The lowest BCUT2D eigenvalue weighted by Gasteiger charge is -2.08. The Hall–Kier alpha value is -1.89. The van der Waals surface area contributed by atoms with E-state index in [1.807, 2.05) is 6.07 Å². The van der Waals surface area contributed by atoms with E-state index in [1.165, 1.54) is 25.0 Å². The van der Waals surface area contributed by atoms with Gasteiger partial charge in [0.25, 0.3) is 0 Å². The number of nitrogens with one attached hydrogen (secondary N) is 1. The number of sulfonamides is 1. The Balaban J connectivity index is 2.17. The molecule has 1 aromatic rings. The van der Waals surface area contributed by atoms with Crippen molar-refractivity contribution in [1.29, 1.82) is 10.5 Å². The SMILES string of the molecule is N#CCCCCCCCCCCNS(=O)(=O)c1ccccc1C#N. The Kier molecular flexibility index (Phi) is 9.76. The van der Waals surface area contributed by atoms with Crippen LogP contribution in [0.3, 0.4) is 0 Å². The fourth-order valence-electron chi connectivity index (χ4n) is 2.47. The maximum atomic E-state index is 12.2. The number of hydrogen-bond acceptors (Lipinski definition) is 4. The van der Waals surface area contributed by atoms with E-state index in [2.05, 4.69) is 10.8 Å². The lowest BCUT2D eigenvalue weighted by Crippen LogP contribution is -2.25. The predicted molar refractivity (Wildman–Crippen MR) is 93.5 cm³/mol. The summed E-state index contributed by atoms with van der Waals surface area (Å²) in [4.78, 5) is 0.0462. The lowest BCUT2D eigenvalue weighted by molar-refractivity contribution is 0.556. The molecule has 0 saturated heterocycles. The molecule has 0 aliphatic rings. The van der Waals surface area contributed by atoms with Crippen LogP contribution in [-0.4, -0.2) is 15.0 Å². The average Bonchev–Trinajstić information content (AvgIpc) is 2.59. The highest BCUT2D eigenvalue weighted by atomic mass is 32.2. The summed E-state index contributed by atoms with van der Waals surface area (Å²) < 4.78 is 26.9. The summed E-state index contributed by atoms with van der Waals surface area (Å²) in [6.07, 6.45) is 9.11. The Bertz CT molecular complexity index is 672. The zero-order chi connectivity index (χ0) is 17.7. The zero-order valence-corrected chi connectivity index (χ0v) is 14.8. The van der Waals surface area contributed by atoms with Crippen LogP contribution in [0, 0.1) is 22.7 Å². The van der Waals surface area contributed by atoms with Gasteiger partial charge in [0.05, 0.1) is 16.5 Å². The van der Waals surface area contributed by atoms with Crippen LogP contribution in [0.15, 0.2) is 29.2 Å². The molecule has 0 unspecified atom stereocenters. The van der Waals surface area contributed by atoms with Gasteiger partial charge in [-0.1, -0.05) is 50.7 Å². The normalized spacial score (nSPS) is 10.9. The zero-order valence-electron chi connectivity index (χ0n) is 14.0. The first kappa shape index (κ1) is 20.2. The number of unbranched alkanes of at least 4 members (excludes halogenated alkanes) is 8. The van der Waals surface area contributed by atoms with E-state index in [0.717, 1.165) is 38.5 Å². The summed E-state index contributed by atoms with van der Waals surface area (Å²) >= 11 is 0. The van der Waals surface area contributed by atoms with E-state index in [-0.39, 0.29) is 10.5 Å². The van der Waals surface area contributed by atoms with Crippen molar-refractivity contribution in [2.75, 3.05) is 6.54 Å². The smallest absolute Gasteiger partial charge is 0.211 e. The van der Waals surface area contributed by atoms with E-state index in [0.29, 0.717) is 13.0 Å². The van der Waals surface area contributed by atoms with Crippen molar-refractivity contribution >= 4 is 10.0 Å². The Morgan fingerprint density at radius 3 is 2.08 bits per heavy atom. The second-order valence-electron chi connectivity index (χ2n) is 5.74. The van der Waals surface area contributed by atoms with Gasteiger partial charge in [-0.15, -0.1) is 0 Å². The summed E-state index contributed by atoms with van der Waals surface area (Å²) in [5, 5.41) is 17.4. The van der Waals surface area contributed by atoms with E-state index in [4.69, 9.17) is 10.5 Å². The molecule has 0 spiro atoms. The van der Waals surface area contributed by atoms with Crippen LogP contribution in [0.5, 0.6) is 0 Å². The van der Waals surface area contributed by atoms with Crippen LogP contribution in [0.1, 0.15) is 63.4 Å². The van der Waals surface area contributed by atoms with Gasteiger partial charge in [-0.2, -0.15) is 10.5 Å². The maximum Gasteiger partial charge on any atom is 0.241 e. The second kappa shape index (κ2) is 11.6. The van der Waals surface area contributed by atoms with Gasteiger partial charge in [0.2, 0.25) is 10.0 Å². The first-order valence-electron chi connectivity index (χ1n) is 8.47. The predicted octanol–water partition coefficient (Wildman–Crippen LogP) is 3.87. The third-order valence-corrected chi connectivity index (χ3v) is 5.32. The highest BCUT2D eigenvalue weighted by Gasteiger charge is 2.17. The molecule has 0 atom stereocenters. The fourth-order valence-corrected chi connectivity index (χ4v) is 3.70. The monoisotopic (exact) mass is 347 g/mol. The van der Waals surface area contributed by atoms with Crippen molar-refractivity contribution in [1.82, 2.24) is 4.72 Å². The van der Waals surface area contributed by atoms with Gasteiger partial charge < -0.3 is 0 Å². The Morgan fingerprint density at radius 2 is 1.46 bits per heavy atom. The molecule has 1 rings (SSSR count).